The summed E-state index contributed by atoms with van der Waals surface area (Å²) < 4.78 is 10.4. The van der Waals surface area contributed by atoms with E-state index in [0.29, 0.717) is 24.1 Å². The van der Waals surface area contributed by atoms with Crippen LogP contribution in [0.5, 0.6) is 5.75 Å². The summed E-state index contributed by atoms with van der Waals surface area (Å²) in [6, 6.07) is 0. The molecule has 0 aromatic carbocycles. The van der Waals surface area contributed by atoms with E-state index in [9.17, 15) is 0 Å². The van der Waals surface area contributed by atoms with Crippen LogP contribution >= 0.6 is 0 Å². The summed E-state index contributed by atoms with van der Waals surface area (Å²) in [6.45, 7) is 2.48. The fraction of sp³-hybridized carbons (Fsp3) is 0.364. The SMILES string of the molecule is CCc1cnc(CNc2ncc(OC)cn2)o1. The summed E-state index contributed by atoms with van der Waals surface area (Å²) in [6.07, 6.45) is 5.77. The molecule has 6 nitrogen and oxygen atoms in total. The molecule has 0 fully saturated rings. The summed E-state index contributed by atoms with van der Waals surface area (Å²) in [7, 11) is 1.57. The quantitative estimate of drug-likeness (QED) is 0.848. The Morgan fingerprint density at radius 3 is 2.59 bits per heavy atom. The van der Waals surface area contributed by atoms with Crippen molar-refractivity contribution in [1.29, 1.82) is 0 Å². The van der Waals surface area contributed by atoms with Crippen LogP contribution in [0.1, 0.15) is 18.6 Å². The Balaban J connectivity index is 1.92. The molecular weight excluding hydrogens is 220 g/mol. The first-order valence-corrected chi connectivity index (χ1v) is 5.35. The number of rotatable bonds is 5. The Hall–Kier alpha value is -2.11. The van der Waals surface area contributed by atoms with Crippen molar-refractivity contribution in [2.24, 2.45) is 0 Å². The van der Waals surface area contributed by atoms with Gasteiger partial charge in [0.15, 0.2) is 5.75 Å². The minimum absolute atomic E-state index is 0.465. The summed E-state index contributed by atoms with van der Waals surface area (Å²) in [5, 5.41) is 3.02. The summed E-state index contributed by atoms with van der Waals surface area (Å²) in [4.78, 5) is 12.3. The van der Waals surface area contributed by atoms with Gasteiger partial charge in [0.1, 0.15) is 5.76 Å². The highest BCUT2D eigenvalue weighted by atomic mass is 16.5. The van der Waals surface area contributed by atoms with Gasteiger partial charge in [-0.1, -0.05) is 6.92 Å². The van der Waals surface area contributed by atoms with Gasteiger partial charge >= 0.3 is 0 Å². The molecule has 1 N–H and O–H groups in total. The van der Waals surface area contributed by atoms with Gasteiger partial charge in [-0.15, -0.1) is 0 Å². The predicted molar refractivity (Wildman–Crippen MR) is 61.8 cm³/mol. The van der Waals surface area contributed by atoms with Gasteiger partial charge < -0.3 is 14.5 Å². The van der Waals surface area contributed by atoms with Crippen molar-refractivity contribution in [3.63, 3.8) is 0 Å². The maximum Gasteiger partial charge on any atom is 0.223 e. The molecule has 0 spiro atoms. The maximum atomic E-state index is 5.45. The number of hydrogen-bond acceptors (Lipinski definition) is 6. The van der Waals surface area contributed by atoms with E-state index >= 15 is 0 Å². The maximum absolute atomic E-state index is 5.45. The van der Waals surface area contributed by atoms with Crippen LogP contribution in [-0.2, 0) is 13.0 Å². The van der Waals surface area contributed by atoms with Crippen molar-refractivity contribution < 1.29 is 9.15 Å². The highest BCUT2D eigenvalue weighted by Gasteiger charge is 2.03. The number of anilines is 1. The Kier molecular flexibility index (Phi) is 3.54. The number of ether oxygens (including phenoxy) is 1. The van der Waals surface area contributed by atoms with Gasteiger partial charge in [0.25, 0.3) is 0 Å². The highest BCUT2D eigenvalue weighted by Crippen LogP contribution is 2.09. The second-order valence-electron chi connectivity index (χ2n) is 3.37. The Bertz CT molecular complexity index is 467. The topological polar surface area (TPSA) is 73.1 Å². The average molecular weight is 234 g/mol. The van der Waals surface area contributed by atoms with E-state index in [1.807, 2.05) is 6.92 Å². The summed E-state index contributed by atoms with van der Waals surface area (Å²) >= 11 is 0. The molecule has 6 heteroatoms. The molecular formula is C11H14N4O2. The third-order valence-electron chi connectivity index (χ3n) is 2.21. The van der Waals surface area contributed by atoms with Crippen LogP contribution in [0, 0.1) is 0 Å². The fourth-order valence-electron chi connectivity index (χ4n) is 1.26. The van der Waals surface area contributed by atoms with Crippen LogP contribution in [0.4, 0.5) is 5.95 Å². The van der Waals surface area contributed by atoms with Crippen molar-refractivity contribution in [1.82, 2.24) is 15.0 Å². The van der Waals surface area contributed by atoms with Crippen molar-refractivity contribution in [2.75, 3.05) is 12.4 Å². The van der Waals surface area contributed by atoms with E-state index in [1.54, 1.807) is 25.7 Å². The molecule has 0 aliphatic carbocycles. The lowest BCUT2D eigenvalue weighted by atomic mass is 10.4. The third-order valence-corrected chi connectivity index (χ3v) is 2.21. The number of aryl methyl sites for hydroxylation is 1. The van der Waals surface area contributed by atoms with Gasteiger partial charge in [0, 0.05) is 6.42 Å². The van der Waals surface area contributed by atoms with E-state index < -0.39 is 0 Å². The zero-order valence-electron chi connectivity index (χ0n) is 9.80. The molecule has 0 unspecified atom stereocenters. The molecule has 2 rings (SSSR count). The van der Waals surface area contributed by atoms with Gasteiger partial charge in [-0.25, -0.2) is 15.0 Å². The first-order chi connectivity index (χ1) is 8.31. The third kappa shape index (κ3) is 2.93. The molecule has 0 saturated carbocycles. The Labute approximate surface area is 99.1 Å². The molecule has 0 amide bonds. The van der Waals surface area contributed by atoms with E-state index in [-0.39, 0.29) is 0 Å². The molecule has 90 valence electrons. The van der Waals surface area contributed by atoms with Crippen LogP contribution in [0.15, 0.2) is 23.0 Å². The van der Waals surface area contributed by atoms with Crippen molar-refractivity contribution in [3.8, 4) is 5.75 Å². The van der Waals surface area contributed by atoms with Crippen molar-refractivity contribution in [3.05, 3.63) is 30.2 Å². The van der Waals surface area contributed by atoms with Crippen LogP contribution in [-0.4, -0.2) is 22.1 Å². The van der Waals surface area contributed by atoms with Gasteiger partial charge in [-0.3, -0.25) is 0 Å². The normalized spacial score (nSPS) is 10.2. The van der Waals surface area contributed by atoms with Gasteiger partial charge in [0.05, 0.1) is 32.2 Å². The largest absolute Gasteiger partial charge is 0.494 e. The van der Waals surface area contributed by atoms with Gasteiger partial charge in [-0.2, -0.15) is 0 Å². The minimum Gasteiger partial charge on any atom is -0.494 e. The van der Waals surface area contributed by atoms with E-state index in [1.165, 1.54) is 0 Å². The number of hydrogen-bond donors (Lipinski definition) is 1. The molecule has 2 aromatic heterocycles. The number of nitrogens with one attached hydrogen (secondary N) is 1. The predicted octanol–water partition coefficient (Wildman–Crippen LogP) is 1.65. The van der Waals surface area contributed by atoms with E-state index in [2.05, 4.69) is 20.3 Å². The standard InChI is InChI=1S/C11H14N4O2/c1-3-8-4-12-10(17-8)7-15-11-13-5-9(16-2)6-14-11/h4-6H,3,7H2,1-2H3,(H,13,14,15). The first-order valence-electron chi connectivity index (χ1n) is 5.35. The van der Waals surface area contributed by atoms with Crippen LogP contribution in [0.3, 0.4) is 0 Å². The number of aromatic nitrogens is 3. The monoisotopic (exact) mass is 234 g/mol. The Morgan fingerprint density at radius 2 is 2.00 bits per heavy atom. The van der Waals surface area contributed by atoms with Crippen LogP contribution < -0.4 is 10.1 Å². The Morgan fingerprint density at radius 1 is 1.24 bits per heavy atom. The number of methoxy groups -OCH3 is 1. The van der Waals surface area contributed by atoms with Crippen LogP contribution in [0.25, 0.3) is 0 Å². The van der Waals surface area contributed by atoms with Gasteiger partial charge in [-0.05, 0) is 0 Å². The molecule has 0 radical (unpaired) electrons. The highest BCUT2D eigenvalue weighted by molar-refractivity contribution is 5.27. The fourth-order valence-corrected chi connectivity index (χ4v) is 1.26. The molecule has 0 bridgehead atoms. The van der Waals surface area contributed by atoms with Crippen molar-refractivity contribution in [2.45, 2.75) is 19.9 Å². The average Bonchev–Trinajstić information content (AvgIpc) is 2.85. The van der Waals surface area contributed by atoms with Crippen molar-refractivity contribution >= 4 is 5.95 Å². The molecule has 0 aliphatic heterocycles. The summed E-state index contributed by atoms with van der Waals surface area (Å²) in [5.41, 5.74) is 0. The number of nitrogens with zero attached hydrogens (tertiary/aromatic N) is 3. The second kappa shape index (κ2) is 5.29. The molecule has 0 atom stereocenters. The summed E-state index contributed by atoms with van der Waals surface area (Å²) in [5.74, 6) is 2.64. The lowest BCUT2D eigenvalue weighted by Gasteiger charge is -2.02. The molecule has 2 heterocycles. The molecule has 0 aliphatic rings. The van der Waals surface area contributed by atoms with E-state index in [0.717, 1.165) is 12.2 Å². The number of oxazole rings is 1. The smallest absolute Gasteiger partial charge is 0.223 e. The molecule has 0 saturated heterocycles. The lowest BCUT2D eigenvalue weighted by molar-refractivity contribution is 0.411. The van der Waals surface area contributed by atoms with E-state index in [4.69, 9.17) is 9.15 Å². The van der Waals surface area contributed by atoms with Crippen LogP contribution in [0.2, 0.25) is 0 Å². The molecule has 2 aromatic rings. The zero-order valence-corrected chi connectivity index (χ0v) is 9.80. The second-order valence-corrected chi connectivity index (χ2v) is 3.37. The van der Waals surface area contributed by atoms with Gasteiger partial charge in [0.2, 0.25) is 11.8 Å². The zero-order chi connectivity index (χ0) is 12.1. The lowest BCUT2D eigenvalue weighted by Crippen LogP contribution is -2.03. The minimum atomic E-state index is 0.465. The first kappa shape index (κ1) is 11.4. The molecule has 17 heavy (non-hydrogen) atoms.